The fraction of sp³-hybridized carbons (Fsp3) is 0.355. The molecule has 3 aliphatic carbocycles. The summed E-state index contributed by atoms with van der Waals surface area (Å²) in [5.41, 5.74) is 5.96. The lowest BCUT2D eigenvalue weighted by Gasteiger charge is -2.33. The zero-order valence-corrected chi connectivity index (χ0v) is 19.3. The highest BCUT2D eigenvalue weighted by atomic mass is 14.8. The van der Waals surface area contributed by atoms with Crippen molar-refractivity contribution >= 4 is 12.2 Å². The highest BCUT2D eigenvalue weighted by Crippen LogP contribution is 2.38. The summed E-state index contributed by atoms with van der Waals surface area (Å²) in [5, 5.41) is 6.01. The number of allylic oxidation sites excluding steroid dienone is 4. The van der Waals surface area contributed by atoms with E-state index in [-0.39, 0.29) is 0 Å². The third-order valence-corrected chi connectivity index (χ3v) is 7.67. The minimum absolute atomic E-state index is 0.697. The molecular formula is C31H35N. The Morgan fingerprint density at radius 3 is 2.38 bits per heavy atom. The van der Waals surface area contributed by atoms with Gasteiger partial charge in [-0.15, -0.1) is 0 Å². The summed E-state index contributed by atoms with van der Waals surface area (Å²) in [5.74, 6) is 2.42. The summed E-state index contributed by atoms with van der Waals surface area (Å²) in [4.78, 5) is 0. The first kappa shape index (κ1) is 21.1. The summed E-state index contributed by atoms with van der Waals surface area (Å²) in [6.07, 6.45) is 26.4. The Balaban J connectivity index is 0.000000265. The molecule has 0 spiro atoms. The number of benzene rings is 2. The largest absolute Gasteiger partial charge is 0.368 e. The molecule has 1 fully saturated rings. The molecule has 32 heavy (non-hydrogen) atoms. The van der Waals surface area contributed by atoms with Gasteiger partial charge in [0.25, 0.3) is 0 Å². The van der Waals surface area contributed by atoms with Gasteiger partial charge in [-0.2, -0.15) is 0 Å². The first-order chi connectivity index (χ1) is 15.8. The highest BCUT2D eigenvalue weighted by molar-refractivity contribution is 5.74. The Morgan fingerprint density at radius 1 is 0.781 bits per heavy atom. The molecule has 2 unspecified atom stereocenters. The second-order valence-corrected chi connectivity index (χ2v) is 9.73. The molecule has 2 aromatic carbocycles. The molecule has 2 aromatic rings. The van der Waals surface area contributed by atoms with Crippen molar-refractivity contribution in [3.63, 3.8) is 0 Å². The van der Waals surface area contributed by atoms with E-state index in [2.05, 4.69) is 60.8 Å². The number of rotatable bonds is 1. The van der Waals surface area contributed by atoms with Crippen LogP contribution in [0.3, 0.4) is 0 Å². The van der Waals surface area contributed by atoms with Gasteiger partial charge >= 0.3 is 0 Å². The average molecular weight is 422 g/mol. The molecule has 0 aromatic heterocycles. The van der Waals surface area contributed by atoms with E-state index in [9.17, 15) is 0 Å². The van der Waals surface area contributed by atoms with Crippen LogP contribution in [-0.2, 0) is 6.42 Å². The van der Waals surface area contributed by atoms with Gasteiger partial charge in [-0.25, -0.2) is 0 Å². The minimum Gasteiger partial charge on any atom is -0.368 e. The number of hydrogen-bond donors (Lipinski definition) is 1. The van der Waals surface area contributed by atoms with Gasteiger partial charge in [0.05, 0.1) is 0 Å². The normalized spacial score (nSPS) is 23.2. The van der Waals surface area contributed by atoms with Crippen molar-refractivity contribution < 1.29 is 0 Å². The van der Waals surface area contributed by atoms with Crippen molar-refractivity contribution in [1.82, 2.24) is 5.32 Å². The Hall–Kier alpha value is -2.80. The number of hydrogen-bond acceptors (Lipinski definition) is 1. The Morgan fingerprint density at radius 2 is 1.56 bits per heavy atom. The molecule has 4 aliphatic rings. The van der Waals surface area contributed by atoms with E-state index < -0.39 is 0 Å². The maximum Gasteiger partial charge on any atom is 0.000442 e. The molecular weight excluding hydrogens is 386 g/mol. The summed E-state index contributed by atoms with van der Waals surface area (Å²) in [6.45, 7) is 2.45. The number of fused-ring (bicyclic) bond motifs is 5. The van der Waals surface area contributed by atoms with Gasteiger partial charge in [-0.05, 0) is 88.3 Å². The Bertz CT molecular complexity index is 1140. The van der Waals surface area contributed by atoms with Crippen LogP contribution in [0.2, 0.25) is 0 Å². The van der Waals surface area contributed by atoms with E-state index >= 15 is 0 Å². The molecule has 6 rings (SSSR count). The quantitative estimate of drug-likeness (QED) is 0.566. The van der Waals surface area contributed by atoms with E-state index in [0.29, 0.717) is 5.92 Å². The third kappa shape index (κ3) is 4.39. The third-order valence-electron chi connectivity index (χ3n) is 7.67. The molecule has 1 N–H and O–H groups in total. The smallest absolute Gasteiger partial charge is 0.000442 e. The van der Waals surface area contributed by atoms with E-state index in [1.54, 1.807) is 10.8 Å². The molecule has 164 valence electrons. The van der Waals surface area contributed by atoms with Gasteiger partial charge in [0, 0.05) is 12.4 Å². The fourth-order valence-corrected chi connectivity index (χ4v) is 6.01. The zero-order valence-electron chi connectivity index (χ0n) is 19.3. The Labute approximate surface area is 193 Å². The van der Waals surface area contributed by atoms with E-state index in [4.69, 9.17) is 0 Å². The summed E-state index contributed by atoms with van der Waals surface area (Å²) >= 11 is 0. The van der Waals surface area contributed by atoms with Crippen molar-refractivity contribution in [3.05, 3.63) is 94.7 Å². The predicted molar refractivity (Wildman–Crippen MR) is 137 cm³/mol. The van der Waals surface area contributed by atoms with Crippen LogP contribution in [0.25, 0.3) is 23.3 Å². The maximum absolute atomic E-state index is 2.92. The molecule has 0 bridgehead atoms. The minimum atomic E-state index is 0.697. The van der Waals surface area contributed by atoms with Crippen molar-refractivity contribution in [1.29, 1.82) is 0 Å². The van der Waals surface area contributed by atoms with E-state index in [1.807, 2.05) is 36.7 Å². The monoisotopic (exact) mass is 421 g/mol. The van der Waals surface area contributed by atoms with Gasteiger partial charge in [0.2, 0.25) is 0 Å². The molecule has 1 heterocycles. The van der Waals surface area contributed by atoms with Crippen LogP contribution in [0, 0.1) is 11.8 Å². The van der Waals surface area contributed by atoms with Crippen LogP contribution in [0.5, 0.6) is 0 Å². The van der Waals surface area contributed by atoms with Crippen molar-refractivity contribution in [2.24, 2.45) is 11.8 Å². The van der Waals surface area contributed by atoms with Crippen LogP contribution in [-0.4, -0.2) is 0 Å². The van der Waals surface area contributed by atoms with Crippen LogP contribution in [0.15, 0.2) is 73.1 Å². The second-order valence-electron chi connectivity index (χ2n) is 9.73. The van der Waals surface area contributed by atoms with Crippen molar-refractivity contribution in [2.45, 2.75) is 57.8 Å². The fourth-order valence-electron chi connectivity index (χ4n) is 6.01. The SMILES string of the molecule is C1=CC=CNC=C1.CC1CC(C2CCCCC2)C=c2c1ccc1c2=CCc2ccccc2-1. The van der Waals surface area contributed by atoms with Crippen LogP contribution < -0.4 is 15.8 Å². The van der Waals surface area contributed by atoms with E-state index in [1.165, 1.54) is 60.4 Å². The standard InChI is InChI=1S/C25H28.C6H7N/c1-17-15-20(18-7-3-2-4-8-18)16-25-21(17)13-14-23-22-10-6-5-9-19(22)11-12-24(23)25;1-2-4-6-7-5-3-1/h5-6,9-10,12-14,16-18,20H,2-4,7-8,11,15H2,1H3;1-7H. The van der Waals surface area contributed by atoms with Gasteiger partial charge < -0.3 is 5.32 Å². The lowest BCUT2D eigenvalue weighted by molar-refractivity contribution is 0.275. The maximum atomic E-state index is 2.92. The topological polar surface area (TPSA) is 12.0 Å². The predicted octanol–water partition coefficient (Wildman–Crippen LogP) is 6.35. The first-order valence-corrected chi connectivity index (χ1v) is 12.5. The van der Waals surface area contributed by atoms with Gasteiger partial charge in [0.1, 0.15) is 0 Å². The molecule has 1 nitrogen and oxygen atoms in total. The summed E-state index contributed by atoms with van der Waals surface area (Å²) in [6, 6.07) is 13.7. The Kier molecular flexibility index (Phi) is 6.44. The molecule has 1 heteroatoms. The zero-order chi connectivity index (χ0) is 21.8. The molecule has 0 saturated heterocycles. The van der Waals surface area contributed by atoms with Crippen LogP contribution in [0.1, 0.15) is 62.5 Å². The lowest BCUT2D eigenvalue weighted by atomic mass is 9.71. The molecule has 0 radical (unpaired) electrons. The van der Waals surface area contributed by atoms with Crippen molar-refractivity contribution in [3.8, 4) is 11.1 Å². The molecule has 0 amide bonds. The van der Waals surface area contributed by atoms with Crippen LogP contribution >= 0.6 is 0 Å². The average Bonchev–Trinajstić information content (AvgIpc) is 3.18. The second kappa shape index (κ2) is 9.77. The molecule has 2 atom stereocenters. The van der Waals surface area contributed by atoms with Gasteiger partial charge in [-0.3, -0.25) is 0 Å². The number of nitrogens with one attached hydrogen (secondary N) is 1. The molecule has 1 aliphatic heterocycles. The lowest BCUT2D eigenvalue weighted by Crippen LogP contribution is -2.38. The van der Waals surface area contributed by atoms with Crippen molar-refractivity contribution in [2.75, 3.05) is 0 Å². The van der Waals surface area contributed by atoms with Gasteiger partial charge in [-0.1, -0.05) is 86.9 Å². The summed E-state index contributed by atoms with van der Waals surface area (Å²) in [7, 11) is 0. The highest BCUT2D eigenvalue weighted by Gasteiger charge is 2.28. The van der Waals surface area contributed by atoms with Gasteiger partial charge in [0.15, 0.2) is 0 Å². The van der Waals surface area contributed by atoms with E-state index in [0.717, 1.165) is 18.3 Å². The summed E-state index contributed by atoms with van der Waals surface area (Å²) < 4.78 is 0. The molecule has 1 saturated carbocycles. The van der Waals surface area contributed by atoms with Crippen LogP contribution in [0.4, 0.5) is 0 Å². The first-order valence-electron chi connectivity index (χ1n) is 12.5.